The third-order valence-electron chi connectivity index (χ3n) is 3.00. The van der Waals surface area contributed by atoms with Crippen molar-refractivity contribution >= 4 is 17.5 Å². The SMILES string of the molecule is CCC(CC)N(CCCl)c1nccn1CC. The van der Waals surface area contributed by atoms with Crippen LogP contribution in [-0.2, 0) is 6.54 Å². The number of hydrogen-bond acceptors (Lipinski definition) is 2. The molecule has 0 radical (unpaired) electrons. The van der Waals surface area contributed by atoms with E-state index in [0.717, 1.165) is 31.9 Å². The number of aromatic nitrogens is 2. The van der Waals surface area contributed by atoms with Crippen LogP contribution < -0.4 is 4.90 Å². The molecule has 1 aromatic heterocycles. The monoisotopic (exact) mass is 243 g/mol. The van der Waals surface area contributed by atoms with Crippen molar-refractivity contribution in [3.05, 3.63) is 12.4 Å². The van der Waals surface area contributed by atoms with Gasteiger partial charge in [-0.2, -0.15) is 0 Å². The van der Waals surface area contributed by atoms with Crippen molar-refractivity contribution < 1.29 is 0 Å². The zero-order chi connectivity index (χ0) is 12.0. The standard InChI is InChI=1S/C12H22ClN3/c1-4-11(5-2)16(9-7-13)12-14-8-10-15(12)6-3/h8,10-11H,4-7,9H2,1-3H3. The van der Waals surface area contributed by atoms with E-state index in [-0.39, 0.29) is 0 Å². The fraction of sp³-hybridized carbons (Fsp3) is 0.750. The molecule has 1 aromatic rings. The van der Waals surface area contributed by atoms with E-state index >= 15 is 0 Å². The van der Waals surface area contributed by atoms with Gasteiger partial charge in [-0.05, 0) is 19.8 Å². The van der Waals surface area contributed by atoms with E-state index in [0.29, 0.717) is 11.9 Å². The van der Waals surface area contributed by atoms with Gasteiger partial charge in [-0.15, -0.1) is 11.6 Å². The first-order chi connectivity index (χ1) is 7.78. The highest BCUT2D eigenvalue weighted by molar-refractivity contribution is 6.18. The first-order valence-electron chi connectivity index (χ1n) is 6.12. The summed E-state index contributed by atoms with van der Waals surface area (Å²) in [6.45, 7) is 8.39. The second-order valence-electron chi connectivity index (χ2n) is 3.87. The minimum atomic E-state index is 0.534. The highest BCUT2D eigenvalue weighted by atomic mass is 35.5. The number of rotatable bonds is 7. The first-order valence-corrected chi connectivity index (χ1v) is 6.65. The average molecular weight is 244 g/mol. The van der Waals surface area contributed by atoms with E-state index in [1.54, 1.807) is 0 Å². The first kappa shape index (κ1) is 13.4. The minimum Gasteiger partial charge on any atom is -0.338 e. The lowest BCUT2D eigenvalue weighted by atomic mass is 10.1. The van der Waals surface area contributed by atoms with Crippen molar-refractivity contribution in [3.8, 4) is 0 Å². The molecule has 4 heteroatoms. The Labute approximate surface area is 103 Å². The van der Waals surface area contributed by atoms with E-state index in [2.05, 4.69) is 35.2 Å². The van der Waals surface area contributed by atoms with E-state index < -0.39 is 0 Å². The number of nitrogens with zero attached hydrogens (tertiary/aromatic N) is 3. The molecule has 0 saturated carbocycles. The van der Waals surface area contributed by atoms with E-state index in [1.165, 1.54) is 0 Å². The maximum Gasteiger partial charge on any atom is 0.205 e. The topological polar surface area (TPSA) is 21.1 Å². The minimum absolute atomic E-state index is 0.534. The lowest BCUT2D eigenvalue weighted by Gasteiger charge is -2.31. The highest BCUT2D eigenvalue weighted by Crippen LogP contribution is 2.18. The third kappa shape index (κ3) is 2.91. The fourth-order valence-electron chi connectivity index (χ4n) is 2.07. The van der Waals surface area contributed by atoms with Crippen LogP contribution in [0.5, 0.6) is 0 Å². The van der Waals surface area contributed by atoms with Gasteiger partial charge in [-0.25, -0.2) is 4.98 Å². The molecule has 0 fully saturated rings. The van der Waals surface area contributed by atoms with Gasteiger partial charge in [0.15, 0.2) is 0 Å². The summed E-state index contributed by atoms with van der Waals surface area (Å²) in [5.74, 6) is 1.70. The highest BCUT2D eigenvalue weighted by Gasteiger charge is 2.18. The number of imidazole rings is 1. The Bertz CT molecular complexity index is 294. The van der Waals surface area contributed by atoms with Crippen LogP contribution in [0.2, 0.25) is 0 Å². The quantitative estimate of drug-likeness (QED) is 0.686. The normalized spacial score (nSPS) is 11.1. The Morgan fingerprint density at radius 2 is 2.06 bits per heavy atom. The molecule has 0 aliphatic heterocycles. The van der Waals surface area contributed by atoms with Crippen molar-refractivity contribution in [2.45, 2.75) is 46.2 Å². The molecule has 0 N–H and O–H groups in total. The summed E-state index contributed by atoms with van der Waals surface area (Å²) in [5.41, 5.74) is 0. The largest absolute Gasteiger partial charge is 0.338 e. The predicted octanol–water partition coefficient (Wildman–Crippen LogP) is 3.14. The number of alkyl halides is 1. The summed E-state index contributed by atoms with van der Waals surface area (Å²) in [6.07, 6.45) is 6.15. The van der Waals surface area contributed by atoms with Gasteiger partial charge in [0, 0.05) is 37.4 Å². The maximum absolute atomic E-state index is 5.89. The van der Waals surface area contributed by atoms with Crippen LogP contribution in [0.3, 0.4) is 0 Å². The number of aryl methyl sites for hydroxylation is 1. The molecule has 0 aliphatic carbocycles. The van der Waals surface area contributed by atoms with E-state index in [4.69, 9.17) is 11.6 Å². The number of anilines is 1. The number of hydrogen-bond donors (Lipinski definition) is 0. The van der Waals surface area contributed by atoms with Crippen molar-refractivity contribution in [2.24, 2.45) is 0 Å². The van der Waals surface area contributed by atoms with Gasteiger partial charge in [0.05, 0.1) is 0 Å². The molecular formula is C12H22ClN3. The van der Waals surface area contributed by atoms with Crippen molar-refractivity contribution in [2.75, 3.05) is 17.3 Å². The van der Waals surface area contributed by atoms with Gasteiger partial charge in [-0.3, -0.25) is 0 Å². The maximum atomic E-state index is 5.89. The van der Waals surface area contributed by atoms with Gasteiger partial charge in [-0.1, -0.05) is 13.8 Å². The average Bonchev–Trinajstić information content (AvgIpc) is 2.77. The summed E-state index contributed by atoms with van der Waals surface area (Å²) in [6, 6.07) is 0.534. The van der Waals surface area contributed by atoms with Gasteiger partial charge in [0.1, 0.15) is 0 Å². The van der Waals surface area contributed by atoms with Gasteiger partial charge >= 0.3 is 0 Å². The lowest BCUT2D eigenvalue weighted by Crippen LogP contribution is -2.38. The van der Waals surface area contributed by atoms with Crippen LogP contribution in [0, 0.1) is 0 Å². The summed E-state index contributed by atoms with van der Waals surface area (Å²) >= 11 is 5.89. The molecule has 0 spiro atoms. The molecule has 0 amide bonds. The summed E-state index contributed by atoms with van der Waals surface area (Å²) < 4.78 is 2.17. The predicted molar refractivity (Wildman–Crippen MR) is 70.3 cm³/mol. The molecule has 3 nitrogen and oxygen atoms in total. The molecule has 16 heavy (non-hydrogen) atoms. The van der Waals surface area contributed by atoms with Crippen LogP contribution >= 0.6 is 11.6 Å². The van der Waals surface area contributed by atoms with Crippen LogP contribution in [0.25, 0.3) is 0 Å². The van der Waals surface area contributed by atoms with Crippen LogP contribution in [0.15, 0.2) is 12.4 Å². The Morgan fingerprint density at radius 1 is 1.38 bits per heavy atom. The van der Waals surface area contributed by atoms with E-state index in [1.807, 2.05) is 12.4 Å². The molecular weight excluding hydrogens is 222 g/mol. The van der Waals surface area contributed by atoms with Crippen molar-refractivity contribution in [1.29, 1.82) is 0 Å². The second kappa shape index (κ2) is 6.79. The molecule has 0 aliphatic rings. The summed E-state index contributed by atoms with van der Waals surface area (Å²) in [7, 11) is 0. The molecule has 1 heterocycles. The molecule has 92 valence electrons. The molecule has 0 bridgehead atoms. The third-order valence-corrected chi connectivity index (χ3v) is 3.17. The Kier molecular flexibility index (Phi) is 5.67. The molecule has 0 saturated heterocycles. The second-order valence-corrected chi connectivity index (χ2v) is 4.24. The Hall–Kier alpha value is -0.700. The van der Waals surface area contributed by atoms with Crippen LogP contribution in [0.4, 0.5) is 5.95 Å². The zero-order valence-electron chi connectivity index (χ0n) is 10.5. The van der Waals surface area contributed by atoms with Gasteiger partial charge in [0.25, 0.3) is 0 Å². The molecule has 0 aromatic carbocycles. The van der Waals surface area contributed by atoms with Crippen LogP contribution in [0.1, 0.15) is 33.6 Å². The Balaban J connectivity index is 2.91. The van der Waals surface area contributed by atoms with E-state index in [9.17, 15) is 0 Å². The van der Waals surface area contributed by atoms with Crippen LogP contribution in [-0.4, -0.2) is 28.0 Å². The lowest BCUT2D eigenvalue weighted by molar-refractivity contribution is 0.544. The van der Waals surface area contributed by atoms with Gasteiger partial charge < -0.3 is 9.47 Å². The molecule has 1 rings (SSSR count). The number of halogens is 1. The zero-order valence-corrected chi connectivity index (χ0v) is 11.2. The molecule has 0 unspecified atom stereocenters. The smallest absolute Gasteiger partial charge is 0.205 e. The Morgan fingerprint density at radius 3 is 2.56 bits per heavy atom. The fourth-order valence-corrected chi connectivity index (χ4v) is 2.26. The van der Waals surface area contributed by atoms with Crippen molar-refractivity contribution in [3.63, 3.8) is 0 Å². The molecule has 0 atom stereocenters. The summed E-state index contributed by atoms with van der Waals surface area (Å²) in [5, 5.41) is 0. The van der Waals surface area contributed by atoms with Gasteiger partial charge in [0.2, 0.25) is 5.95 Å². The van der Waals surface area contributed by atoms with Crippen molar-refractivity contribution in [1.82, 2.24) is 9.55 Å². The summed E-state index contributed by atoms with van der Waals surface area (Å²) in [4.78, 5) is 6.78.